The molecule has 3 nitrogen and oxygen atoms in total. The molecule has 0 radical (unpaired) electrons. The fourth-order valence-corrected chi connectivity index (χ4v) is 3.87. The van der Waals surface area contributed by atoms with Crippen LogP contribution in [0.4, 0.5) is 0 Å². The highest BCUT2D eigenvalue weighted by Gasteiger charge is 2.36. The van der Waals surface area contributed by atoms with E-state index in [1.165, 1.54) is 0 Å². The zero-order valence-corrected chi connectivity index (χ0v) is 12.5. The van der Waals surface area contributed by atoms with Gasteiger partial charge in [-0.2, -0.15) is 0 Å². The van der Waals surface area contributed by atoms with E-state index in [1.54, 1.807) is 36.4 Å². The Kier molecular flexibility index (Phi) is 3.43. The van der Waals surface area contributed by atoms with Crippen LogP contribution < -0.4 is 0 Å². The van der Waals surface area contributed by atoms with Crippen molar-refractivity contribution >= 4 is 9.84 Å². The zero-order chi connectivity index (χ0) is 14.9. The van der Waals surface area contributed by atoms with E-state index < -0.39 is 15.4 Å². The van der Waals surface area contributed by atoms with Crippen LogP contribution in [0.1, 0.15) is 12.5 Å². The maximum Gasteiger partial charge on any atom is 0.204 e. The van der Waals surface area contributed by atoms with E-state index in [-0.39, 0.29) is 6.61 Å². The van der Waals surface area contributed by atoms with Gasteiger partial charge < -0.3 is 4.74 Å². The molecule has 21 heavy (non-hydrogen) atoms. The Morgan fingerprint density at radius 2 is 1.52 bits per heavy atom. The van der Waals surface area contributed by atoms with E-state index in [1.807, 2.05) is 37.3 Å². The largest absolute Gasteiger partial charge is 0.361 e. The average molecular weight is 300 g/mol. The van der Waals surface area contributed by atoms with Crippen molar-refractivity contribution in [2.45, 2.75) is 17.4 Å². The van der Waals surface area contributed by atoms with Crippen LogP contribution in [0.15, 0.2) is 76.5 Å². The van der Waals surface area contributed by atoms with Crippen molar-refractivity contribution in [3.05, 3.63) is 77.2 Å². The summed E-state index contributed by atoms with van der Waals surface area (Å²) in [5, 5.41) is 0. The minimum atomic E-state index is -3.48. The van der Waals surface area contributed by atoms with Crippen molar-refractivity contribution in [3.8, 4) is 0 Å². The van der Waals surface area contributed by atoms with Gasteiger partial charge in [-0.15, -0.1) is 0 Å². The van der Waals surface area contributed by atoms with Crippen LogP contribution in [0.2, 0.25) is 0 Å². The first-order valence-corrected chi connectivity index (χ1v) is 8.22. The molecule has 0 saturated heterocycles. The third kappa shape index (κ3) is 2.52. The van der Waals surface area contributed by atoms with E-state index in [9.17, 15) is 8.42 Å². The van der Waals surface area contributed by atoms with E-state index in [4.69, 9.17) is 4.74 Å². The fraction of sp³-hybridized carbons (Fsp3) is 0.176. The van der Waals surface area contributed by atoms with E-state index in [0.29, 0.717) is 9.80 Å². The van der Waals surface area contributed by atoms with Crippen molar-refractivity contribution in [2.75, 3.05) is 6.61 Å². The molecule has 4 heteroatoms. The fourth-order valence-electron chi connectivity index (χ4n) is 2.45. The summed E-state index contributed by atoms with van der Waals surface area (Å²) in [6.45, 7) is 1.98. The highest BCUT2D eigenvalue weighted by atomic mass is 32.2. The van der Waals surface area contributed by atoms with Crippen molar-refractivity contribution in [2.24, 2.45) is 0 Å². The normalized spacial score (nSPS) is 22.0. The molecule has 1 heterocycles. The lowest BCUT2D eigenvalue weighted by Gasteiger charge is -2.21. The van der Waals surface area contributed by atoms with E-state index in [0.717, 1.165) is 5.56 Å². The quantitative estimate of drug-likeness (QED) is 0.873. The highest BCUT2D eigenvalue weighted by Crippen LogP contribution is 2.36. The molecule has 1 aliphatic heterocycles. The van der Waals surface area contributed by atoms with Crippen LogP contribution in [0.3, 0.4) is 0 Å². The molecule has 1 aliphatic rings. The van der Waals surface area contributed by atoms with Crippen LogP contribution in [0.5, 0.6) is 0 Å². The first-order chi connectivity index (χ1) is 10.0. The van der Waals surface area contributed by atoms with Crippen molar-refractivity contribution in [1.29, 1.82) is 0 Å². The summed E-state index contributed by atoms with van der Waals surface area (Å²) >= 11 is 0. The topological polar surface area (TPSA) is 43.4 Å². The molecule has 0 amide bonds. The highest BCUT2D eigenvalue weighted by molar-refractivity contribution is 7.95. The Labute approximate surface area is 124 Å². The maximum atomic E-state index is 12.6. The maximum absolute atomic E-state index is 12.6. The number of hydrogen-bond acceptors (Lipinski definition) is 3. The van der Waals surface area contributed by atoms with Crippen LogP contribution in [0, 0.1) is 0 Å². The molecule has 0 saturated carbocycles. The smallest absolute Gasteiger partial charge is 0.204 e. The van der Waals surface area contributed by atoms with E-state index in [2.05, 4.69) is 0 Å². The van der Waals surface area contributed by atoms with Crippen molar-refractivity contribution < 1.29 is 13.2 Å². The predicted octanol–water partition coefficient (Wildman–Crippen LogP) is 3.29. The van der Waals surface area contributed by atoms with Gasteiger partial charge in [-0.05, 0) is 30.7 Å². The zero-order valence-electron chi connectivity index (χ0n) is 11.7. The molecule has 0 bridgehead atoms. The summed E-state index contributed by atoms with van der Waals surface area (Å²) < 4.78 is 31.0. The Morgan fingerprint density at radius 3 is 2.14 bits per heavy atom. The van der Waals surface area contributed by atoms with Gasteiger partial charge in [0.15, 0.2) is 0 Å². The molecular formula is C17H16O3S. The first kappa shape index (κ1) is 14.0. The lowest BCUT2D eigenvalue weighted by atomic mass is 9.97. The first-order valence-electron chi connectivity index (χ1n) is 6.74. The standard InChI is InChI=1S/C17H16O3S/c1-17(14-8-4-2-5-9-14)12-16(13-20-17)21(18,19)15-10-6-3-7-11-15/h2-12H,13H2,1H3/t17-/m0/s1. The Bertz CT molecular complexity index is 764. The van der Waals surface area contributed by atoms with Gasteiger partial charge in [0.25, 0.3) is 0 Å². The molecule has 108 valence electrons. The van der Waals surface area contributed by atoms with Gasteiger partial charge in [0, 0.05) is 0 Å². The minimum Gasteiger partial charge on any atom is -0.361 e. The Morgan fingerprint density at radius 1 is 0.952 bits per heavy atom. The van der Waals surface area contributed by atoms with Gasteiger partial charge >= 0.3 is 0 Å². The van der Waals surface area contributed by atoms with Crippen LogP contribution in [0.25, 0.3) is 0 Å². The molecule has 0 fully saturated rings. The van der Waals surface area contributed by atoms with Crippen LogP contribution >= 0.6 is 0 Å². The number of rotatable bonds is 3. The third-order valence-electron chi connectivity index (χ3n) is 3.70. The summed E-state index contributed by atoms with van der Waals surface area (Å²) in [5.74, 6) is 0. The second-order valence-electron chi connectivity index (χ2n) is 5.19. The van der Waals surface area contributed by atoms with Gasteiger partial charge in [0.1, 0.15) is 5.60 Å². The molecule has 2 aromatic carbocycles. The Balaban J connectivity index is 2.01. The van der Waals surface area contributed by atoms with Gasteiger partial charge in [-0.1, -0.05) is 48.5 Å². The van der Waals surface area contributed by atoms with Crippen LogP contribution in [-0.4, -0.2) is 15.0 Å². The molecule has 0 spiro atoms. The lowest BCUT2D eigenvalue weighted by Crippen LogP contribution is -2.18. The van der Waals surface area contributed by atoms with Gasteiger partial charge in [0.05, 0.1) is 16.4 Å². The van der Waals surface area contributed by atoms with Crippen LogP contribution in [-0.2, 0) is 20.2 Å². The van der Waals surface area contributed by atoms with Gasteiger partial charge in [-0.25, -0.2) is 8.42 Å². The van der Waals surface area contributed by atoms with Crippen molar-refractivity contribution in [3.63, 3.8) is 0 Å². The van der Waals surface area contributed by atoms with Gasteiger partial charge in [0.2, 0.25) is 9.84 Å². The molecule has 0 unspecified atom stereocenters. The second-order valence-corrected chi connectivity index (χ2v) is 7.19. The minimum absolute atomic E-state index is 0.0998. The SMILES string of the molecule is C[C@@]1(c2ccccc2)C=C(S(=O)(=O)c2ccccc2)CO1. The number of ether oxygens (including phenoxy) is 1. The summed E-state index contributed by atoms with van der Waals surface area (Å²) in [5.41, 5.74) is 0.251. The molecule has 0 aromatic heterocycles. The monoisotopic (exact) mass is 300 g/mol. The third-order valence-corrected chi connectivity index (χ3v) is 5.52. The second kappa shape index (κ2) is 5.13. The summed E-state index contributed by atoms with van der Waals surface area (Å²) in [4.78, 5) is 0.622. The summed E-state index contributed by atoms with van der Waals surface area (Å²) in [7, 11) is -3.48. The molecule has 3 rings (SSSR count). The Hall–Kier alpha value is -1.91. The van der Waals surface area contributed by atoms with Gasteiger partial charge in [-0.3, -0.25) is 0 Å². The van der Waals surface area contributed by atoms with E-state index >= 15 is 0 Å². The van der Waals surface area contributed by atoms with Crippen molar-refractivity contribution in [1.82, 2.24) is 0 Å². The summed E-state index contributed by atoms with van der Waals surface area (Å²) in [6, 6.07) is 18.1. The number of benzene rings is 2. The number of sulfone groups is 1. The lowest BCUT2D eigenvalue weighted by molar-refractivity contribution is 0.0383. The molecule has 0 N–H and O–H groups in total. The molecule has 2 aromatic rings. The summed E-state index contributed by atoms with van der Waals surface area (Å²) in [6.07, 6.45) is 1.71. The molecular weight excluding hydrogens is 284 g/mol. The molecule has 1 atom stereocenters. The molecule has 0 aliphatic carbocycles. The number of hydrogen-bond donors (Lipinski definition) is 0. The predicted molar refractivity (Wildman–Crippen MR) is 81.5 cm³/mol. The average Bonchev–Trinajstić information content (AvgIpc) is 2.94.